The fraction of sp³-hybridized carbons (Fsp3) is 0.444. The van der Waals surface area contributed by atoms with E-state index in [1.165, 1.54) is 0 Å². The molecule has 0 spiro atoms. The van der Waals surface area contributed by atoms with Crippen molar-refractivity contribution in [3.63, 3.8) is 0 Å². The second-order valence-corrected chi connectivity index (χ2v) is 18.1. The zero-order valence-corrected chi connectivity index (χ0v) is 29.5. The van der Waals surface area contributed by atoms with Gasteiger partial charge in [-0.3, -0.25) is 9.78 Å². The Balaban J connectivity index is 1.49. The quantitative estimate of drug-likeness (QED) is 0.139. The Bertz CT molecular complexity index is 1630. The van der Waals surface area contributed by atoms with Crippen molar-refractivity contribution >= 4 is 33.1 Å². The normalized spacial score (nSPS) is 12.8. The molecule has 11 heteroatoms. The first-order valence-electron chi connectivity index (χ1n) is 15.9. The van der Waals surface area contributed by atoms with E-state index in [1.54, 1.807) is 18.6 Å². The van der Waals surface area contributed by atoms with Crippen LogP contribution in [0.4, 0.5) is 4.79 Å². The van der Waals surface area contributed by atoms with Crippen molar-refractivity contribution < 1.29 is 23.8 Å². The lowest BCUT2D eigenvalue weighted by atomic mass is 9.95. The summed E-state index contributed by atoms with van der Waals surface area (Å²) in [7, 11) is -0.625. The van der Waals surface area contributed by atoms with Gasteiger partial charge in [-0.1, -0.05) is 12.1 Å². The number of nitrogens with zero attached hydrogens (tertiary/aromatic N) is 3. The van der Waals surface area contributed by atoms with Gasteiger partial charge in [0.05, 0.1) is 12.0 Å². The third-order valence-electron chi connectivity index (χ3n) is 7.35. The van der Waals surface area contributed by atoms with Crippen LogP contribution in [-0.2, 0) is 27.4 Å². The molecule has 3 aromatic heterocycles. The van der Waals surface area contributed by atoms with E-state index in [-0.39, 0.29) is 24.8 Å². The Morgan fingerprint density at radius 3 is 2.51 bits per heavy atom. The van der Waals surface area contributed by atoms with Gasteiger partial charge in [0, 0.05) is 56.0 Å². The van der Waals surface area contributed by atoms with Crippen LogP contribution >= 0.6 is 10.0 Å². The lowest BCUT2D eigenvalue weighted by Gasteiger charge is -2.24. The third kappa shape index (κ3) is 11.6. The fourth-order valence-electron chi connectivity index (χ4n) is 5.02. The lowest BCUT2D eigenvalue weighted by molar-refractivity contribution is -0.121. The van der Waals surface area contributed by atoms with E-state index in [2.05, 4.69) is 39.4 Å². The Morgan fingerprint density at radius 1 is 1.02 bits per heavy atom. The Hall–Kier alpha value is -4.09. The topological polar surface area (TPSA) is 117 Å². The predicted molar refractivity (Wildman–Crippen MR) is 190 cm³/mol. The first-order valence-corrected chi connectivity index (χ1v) is 18.9. The third-order valence-corrected chi connectivity index (χ3v) is 8.74. The summed E-state index contributed by atoms with van der Waals surface area (Å²) in [5, 5.41) is 6.78. The molecule has 0 saturated carbocycles. The van der Waals surface area contributed by atoms with E-state index in [9.17, 15) is 9.59 Å². The molecule has 0 fully saturated rings. The SMILES string of the molecule is Cc1cn(COCCS(C)(C)C)c2nccc(Oc3cccc(C(CNC(=O)OC(C)(C)C)CC(=O)NCCc4ccncc4)c3)c12. The molecule has 10 nitrogen and oxygen atoms in total. The molecule has 4 aromatic rings. The molecule has 1 atom stereocenters. The number of aromatic nitrogens is 3. The number of carbonyl (C=O) groups is 2. The zero-order valence-electron chi connectivity index (χ0n) is 28.7. The second kappa shape index (κ2) is 16.1. The standard InChI is InChI=1S/C36H49N5O5S/c1-26-24-41(25-44-19-20-47(5,6)7)34-33(26)31(14-18-39-34)45-30-10-8-9-28(21-30)29(23-40-35(43)46-36(2,3)4)22-32(42)38-17-13-27-11-15-37-16-12-27/h8-12,14-16,18,21,24,29H,13,17,19-20,22-23,25H2,1-7H3,(H,38,42)(H,40,43). The number of carbonyl (C=O) groups excluding carboxylic acids is 2. The summed E-state index contributed by atoms with van der Waals surface area (Å²) in [6, 6.07) is 13.4. The molecule has 254 valence electrons. The van der Waals surface area contributed by atoms with Crippen LogP contribution in [-0.4, -0.2) is 76.4 Å². The van der Waals surface area contributed by atoms with Crippen LogP contribution in [0.25, 0.3) is 11.0 Å². The van der Waals surface area contributed by atoms with Crippen LogP contribution in [0.5, 0.6) is 11.5 Å². The monoisotopic (exact) mass is 663 g/mol. The molecule has 4 rings (SSSR count). The van der Waals surface area contributed by atoms with Gasteiger partial charge in [0.2, 0.25) is 5.91 Å². The van der Waals surface area contributed by atoms with Gasteiger partial charge in [0.25, 0.3) is 0 Å². The summed E-state index contributed by atoms with van der Waals surface area (Å²) >= 11 is 0. The van der Waals surface area contributed by atoms with Crippen molar-refractivity contribution in [2.24, 2.45) is 0 Å². The molecule has 0 bridgehead atoms. The number of hydrogen-bond donors (Lipinski definition) is 2. The summed E-state index contributed by atoms with van der Waals surface area (Å²) in [6.45, 7) is 9.31. The highest BCUT2D eigenvalue weighted by atomic mass is 32.3. The summed E-state index contributed by atoms with van der Waals surface area (Å²) in [5.41, 5.74) is 3.15. The summed E-state index contributed by atoms with van der Waals surface area (Å²) in [6.07, 6.45) is 14.4. The highest BCUT2D eigenvalue weighted by molar-refractivity contribution is 8.32. The van der Waals surface area contributed by atoms with Crippen molar-refractivity contribution in [2.45, 2.75) is 58.8 Å². The van der Waals surface area contributed by atoms with Gasteiger partial charge in [0.15, 0.2) is 0 Å². The molecule has 0 aliphatic heterocycles. The molecular weight excluding hydrogens is 614 g/mol. The zero-order chi connectivity index (χ0) is 34.0. The lowest BCUT2D eigenvalue weighted by Crippen LogP contribution is -2.36. The smallest absolute Gasteiger partial charge is 0.407 e. The van der Waals surface area contributed by atoms with Crippen LogP contribution in [0.15, 0.2) is 67.3 Å². The number of nitrogens with one attached hydrogen (secondary N) is 2. The maximum atomic E-state index is 13.1. The average Bonchev–Trinajstić information content (AvgIpc) is 3.32. The van der Waals surface area contributed by atoms with Gasteiger partial charge in [-0.15, -0.1) is 0 Å². The van der Waals surface area contributed by atoms with Crippen molar-refractivity contribution in [1.29, 1.82) is 0 Å². The number of hydrogen-bond acceptors (Lipinski definition) is 7. The number of fused-ring (bicyclic) bond motifs is 1. The van der Waals surface area contributed by atoms with E-state index < -0.39 is 21.7 Å². The molecule has 2 N–H and O–H groups in total. The maximum Gasteiger partial charge on any atom is 0.407 e. The summed E-state index contributed by atoms with van der Waals surface area (Å²) < 4.78 is 19.9. The Labute approximate surface area is 279 Å². The molecule has 2 amide bonds. The Morgan fingerprint density at radius 2 is 1.79 bits per heavy atom. The molecular formula is C36H49N5O5S. The number of rotatable bonds is 15. The van der Waals surface area contributed by atoms with Gasteiger partial charge < -0.3 is 29.4 Å². The van der Waals surface area contributed by atoms with E-state index in [0.29, 0.717) is 37.8 Å². The maximum absolute atomic E-state index is 13.1. The highest BCUT2D eigenvalue weighted by Gasteiger charge is 2.21. The van der Waals surface area contributed by atoms with Gasteiger partial charge >= 0.3 is 6.09 Å². The molecule has 0 aliphatic rings. The van der Waals surface area contributed by atoms with Crippen LogP contribution in [0.1, 0.15) is 49.8 Å². The number of pyridine rings is 2. The minimum atomic E-state index is -0.635. The van der Waals surface area contributed by atoms with Gasteiger partial charge in [-0.05, 0) is 99.9 Å². The number of ether oxygens (including phenoxy) is 3. The van der Waals surface area contributed by atoms with Gasteiger partial charge in [-0.2, -0.15) is 0 Å². The first-order chi connectivity index (χ1) is 22.3. The van der Waals surface area contributed by atoms with E-state index in [1.807, 2.05) is 80.9 Å². The van der Waals surface area contributed by atoms with E-state index >= 15 is 0 Å². The van der Waals surface area contributed by atoms with Gasteiger partial charge in [-0.25, -0.2) is 19.8 Å². The molecule has 1 unspecified atom stereocenters. The minimum absolute atomic E-state index is 0.111. The minimum Gasteiger partial charge on any atom is -0.457 e. The van der Waals surface area contributed by atoms with Gasteiger partial charge in [0.1, 0.15) is 29.5 Å². The molecule has 0 aliphatic carbocycles. The van der Waals surface area contributed by atoms with Crippen LogP contribution < -0.4 is 15.4 Å². The molecule has 47 heavy (non-hydrogen) atoms. The number of alkyl carbamates (subject to hydrolysis) is 1. The molecule has 3 heterocycles. The van der Waals surface area contributed by atoms with E-state index in [0.717, 1.165) is 33.5 Å². The van der Waals surface area contributed by atoms with Crippen molar-refractivity contribution in [3.05, 3.63) is 83.9 Å². The first kappa shape index (κ1) is 35.8. The van der Waals surface area contributed by atoms with Crippen molar-refractivity contribution in [1.82, 2.24) is 25.2 Å². The number of aryl methyl sites for hydroxylation is 1. The van der Waals surface area contributed by atoms with E-state index in [4.69, 9.17) is 14.2 Å². The van der Waals surface area contributed by atoms with Crippen molar-refractivity contribution in [3.8, 4) is 11.5 Å². The molecule has 0 saturated heterocycles. The van der Waals surface area contributed by atoms with Crippen LogP contribution in [0, 0.1) is 6.92 Å². The number of amides is 2. The molecule has 1 aromatic carbocycles. The Kier molecular flexibility index (Phi) is 12.3. The predicted octanol–water partition coefficient (Wildman–Crippen LogP) is 6.56. The highest BCUT2D eigenvalue weighted by Crippen LogP contribution is 2.35. The van der Waals surface area contributed by atoms with Crippen LogP contribution in [0.2, 0.25) is 0 Å². The summed E-state index contributed by atoms with van der Waals surface area (Å²) in [5.74, 6) is 1.91. The second-order valence-electron chi connectivity index (χ2n) is 13.5. The average molecular weight is 664 g/mol. The largest absolute Gasteiger partial charge is 0.457 e. The fourth-order valence-corrected chi connectivity index (χ4v) is 5.63. The molecule has 0 radical (unpaired) electrons. The van der Waals surface area contributed by atoms with Crippen molar-refractivity contribution in [2.75, 3.05) is 44.2 Å². The number of benzene rings is 1. The van der Waals surface area contributed by atoms with Crippen LogP contribution in [0.3, 0.4) is 0 Å². The summed E-state index contributed by atoms with van der Waals surface area (Å²) in [4.78, 5) is 34.3.